The maximum atomic E-state index is 13.7. The standard InChI is InChI=1S/C44H58O13/c1-22(2)18-32(47)52-29-14-10-11-15-31(46)53-34-23(3)19-30-41(34,50)38(48)40(21-45)36(54-40)33-37-43(51,39(6,49)20-26-16-17-28(29)24(26)4)35-25(5)42(30,33)57-44(55-35,56-37)27-12-8-7-9-13-27/h7-15,22-26,28-30,33-38,45,48-51H,16-21H2,1-6H3/t23-,24-,25+,26+,28-,29-,30+,33-,34-,35-,36-,37+,38+,39+,40-,41+,42-,43-,44-/m0/s1. The Kier molecular flexibility index (Phi) is 9.16. The topological polar surface area (TPSA) is 194 Å². The van der Waals surface area contributed by atoms with Gasteiger partial charge in [-0.25, -0.2) is 4.79 Å². The van der Waals surface area contributed by atoms with Crippen LogP contribution in [0.2, 0.25) is 0 Å². The van der Waals surface area contributed by atoms with E-state index in [4.69, 9.17) is 28.4 Å². The van der Waals surface area contributed by atoms with Crippen molar-refractivity contribution in [2.75, 3.05) is 6.61 Å². The molecule has 9 aliphatic rings. The summed E-state index contributed by atoms with van der Waals surface area (Å²) in [7, 11) is 0. The van der Waals surface area contributed by atoms with Gasteiger partial charge in [0, 0.05) is 41.7 Å². The fraction of sp³-hybridized carbons (Fsp3) is 0.727. The van der Waals surface area contributed by atoms with Gasteiger partial charge in [0.05, 0.1) is 17.8 Å². The van der Waals surface area contributed by atoms with E-state index in [2.05, 4.69) is 6.92 Å². The highest BCUT2D eigenvalue weighted by Gasteiger charge is 2.91. The molecule has 19 atom stereocenters. The first-order valence-electron chi connectivity index (χ1n) is 20.9. The van der Waals surface area contributed by atoms with Crippen LogP contribution in [0.15, 0.2) is 54.6 Å². The molecule has 10 bridgehead atoms. The van der Waals surface area contributed by atoms with Gasteiger partial charge in [-0.3, -0.25) is 4.79 Å². The van der Waals surface area contributed by atoms with Gasteiger partial charge in [0.15, 0.2) is 0 Å². The lowest BCUT2D eigenvalue weighted by Crippen LogP contribution is -2.89. The third-order valence-corrected chi connectivity index (χ3v) is 15.8. The van der Waals surface area contributed by atoms with E-state index >= 15 is 0 Å². The first-order chi connectivity index (χ1) is 26.9. The number of benzene rings is 1. The number of hydrogen-bond donors (Lipinski definition) is 5. The van der Waals surface area contributed by atoms with Crippen molar-refractivity contribution in [2.45, 2.75) is 144 Å². The number of allylic oxidation sites excluding steroid dienone is 2. The van der Waals surface area contributed by atoms with Gasteiger partial charge >= 0.3 is 17.9 Å². The molecule has 10 rings (SSSR count). The lowest BCUT2D eigenvalue weighted by Gasteiger charge is -2.74. The second-order valence-corrected chi connectivity index (χ2v) is 19.3. The van der Waals surface area contributed by atoms with Gasteiger partial charge in [0.1, 0.15) is 53.4 Å². The van der Waals surface area contributed by atoms with Crippen molar-refractivity contribution in [1.29, 1.82) is 0 Å². The molecule has 4 saturated carbocycles. The van der Waals surface area contributed by atoms with E-state index in [0.29, 0.717) is 18.4 Å². The summed E-state index contributed by atoms with van der Waals surface area (Å²) < 4.78 is 39.5. The van der Waals surface area contributed by atoms with Crippen molar-refractivity contribution in [3.63, 3.8) is 0 Å². The lowest BCUT2D eigenvalue weighted by atomic mass is 9.49. The van der Waals surface area contributed by atoms with Crippen LogP contribution in [-0.4, -0.2) is 109 Å². The van der Waals surface area contributed by atoms with Crippen LogP contribution in [-0.2, 0) is 44.0 Å². The summed E-state index contributed by atoms with van der Waals surface area (Å²) in [5.41, 5.74) is -8.82. The predicted octanol–water partition coefficient (Wildman–Crippen LogP) is 3.04. The number of ether oxygens (including phenoxy) is 6. The van der Waals surface area contributed by atoms with Crippen molar-refractivity contribution >= 4 is 11.9 Å². The van der Waals surface area contributed by atoms with E-state index < -0.39 is 107 Å². The molecule has 13 heteroatoms. The molecule has 8 fully saturated rings. The summed E-state index contributed by atoms with van der Waals surface area (Å²) in [6.07, 6.45) is 1.15. The molecule has 0 amide bonds. The van der Waals surface area contributed by atoms with Crippen molar-refractivity contribution in [2.24, 2.45) is 47.3 Å². The number of fused-ring (bicyclic) bond motifs is 3. The molecule has 5 N–H and O–H groups in total. The minimum Gasteiger partial charge on any atom is -0.458 e. The maximum Gasteiger partial charge on any atom is 0.331 e. The largest absolute Gasteiger partial charge is 0.458 e. The van der Waals surface area contributed by atoms with Gasteiger partial charge in [-0.05, 0) is 62.4 Å². The molecule has 4 aliphatic carbocycles. The van der Waals surface area contributed by atoms with Crippen molar-refractivity contribution in [3.05, 3.63) is 60.2 Å². The number of hydrogen-bond acceptors (Lipinski definition) is 13. The van der Waals surface area contributed by atoms with Gasteiger partial charge in [0.2, 0.25) is 0 Å². The van der Waals surface area contributed by atoms with Crippen molar-refractivity contribution in [3.8, 4) is 0 Å². The highest BCUT2D eigenvalue weighted by atomic mass is 16.9. The summed E-state index contributed by atoms with van der Waals surface area (Å²) in [5.74, 6) is -6.33. The Balaban J connectivity index is 1.22. The minimum absolute atomic E-state index is 0.0620. The van der Waals surface area contributed by atoms with E-state index in [1.54, 1.807) is 31.2 Å². The van der Waals surface area contributed by atoms with E-state index in [9.17, 15) is 35.1 Å². The highest BCUT2D eigenvalue weighted by molar-refractivity contribution is 5.82. The number of rotatable bonds is 5. The van der Waals surface area contributed by atoms with Crippen molar-refractivity contribution < 1.29 is 63.5 Å². The number of carbonyl (C=O) groups is 2. The molecule has 13 nitrogen and oxygen atoms in total. The van der Waals surface area contributed by atoms with Gasteiger partial charge in [0.25, 0.3) is 0 Å². The molecular formula is C44H58O13. The lowest BCUT2D eigenvalue weighted by molar-refractivity contribution is -0.595. The average molecular weight is 795 g/mol. The molecule has 1 aromatic carbocycles. The summed E-state index contributed by atoms with van der Waals surface area (Å²) >= 11 is 0. The fourth-order valence-electron chi connectivity index (χ4n) is 13.0. The van der Waals surface area contributed by atoms with E-state index in [-0.39, 0.29) is 48.9 Å². The normalized spacial score (nSPS) is 53.3. The molecule has 5 heterocycles. The van der Waals surface area contributed by atoms with Crippen LogP contribution in [0.4, 0.5) is 0 Å². The number of aliphatic hydroxyl groups excluding tert-OH is 2. The predicted molar refractivity (Wildman–Crippen MR) is 200 cm³/mol. The Morgan fingerprint density at radius 2 is 1.68 bits per heavy atom. The number of esters is 2. The molecular weight excluding hydrogens is 736 g/mol. The quantitative estimate of drug-likeness (QED) is 0.216. The smallest absolute Gasteiger partial charge is 0.331 e. The van der Waals surface area contributed by atoms with Crippen LogP contribution in [0, 0.1) is 47.3 Å². The van der Waals surface area contributed by atoms with Crippen molar-refractivity contribution in [1.82, 2.24) is 0 Å². The molecule has 5 aliphatic heterocycles. The van der Waals surface area contributed by atoms with E-state index in [1.807, 2.05) is 45.9 Å². The third-order valence-electron chi connectivity index (χ3n) is 15.8. The monoisotopic (exact) mass is 794 g/mol. The molecule has 312 valence electrons. The molecule has 0 aromatic heterocycles. The number of carbonyl (C=O) groups excluding carboxylic acids is 2. The Bertz CT molecular complexity index is 1830. The second kappa shape index (κ2) is 13.1. The first kappa shape index (κ1) is 39.7. The molecule has 4 saturated heterocycles. The summed E-state index contributed by atoms with van der Waals surface area (Å²) in [5, 5.41) is 63.3. The number of aliphatic hydroxyl groups is 5. The maximum absolute atomic E-state index is 13.7. The van der Waals surface area contributed by atoms with Gasteiger partial charge < -0.3 is 54.0 Å². The minimum atomic E-state index is -2.21. The van der Waals surface area contributed by atoms with Crippen LogP contribution in [0.1, 0.15) is 79.2 Å². The summed E-state index contributed by atoms with van der Waals surface area (Å²) in [6.45, 7) is 10.6. The molecule has 57 heavy (non-hydrogen) atoms. The van der Waals surface area contributed by atoms with Crippen LogP contribution >= 0.6 is 0 Å². The molecule has 1 aromatic rings. The zero-order valence-electron chi connectivity index (χ0n) is 33.5. The SMILES string of the molecule is CC(C)CC(=O)O[C@H]1C=CC=CC(=O)O[C@H]2[C@@H](C)C[C@@H]3[C@]2(O)[C@H](O)[C@@]2(CO)O[C@H]2[C@H]2[C@H]4O[C@]5(c6ccccc6)O[C@@H]([C@@H](C)[C@@]23O5)[C@@]4(O)[C@](C)(O)C[C@H]2CC[C@H]1[C@H]2C. The molecule has 0 unspecified atom stereocenters. The third kappa shape index (κ3) is 5.26. The van der Waals surface area contributed by atoms with Crippen LogP contribution in [0.5, 0.6) is 0 Å². The average Bonchev–Trinajstić information content (AvgIpc) is 3.72. The van der Waals surface area contributed by atoms with Gasteiger partial charge in [-0.15, -0.1) is 0 Å². The Hall–Kier alpha value is -2.72. The molecule has 1 spiro atoms. The number of epoxide rings is 1. The molecule has 0 radical (unpaired) electrons. The van der Waals surface area contributed by atoms with E-state index in [0.717, 1.165) is 0 Å². The van der Waals surface area contributed by atoms with Crippen LogP contribution < -0.4 is 0 Å². The van der Waals surface area contributed by atoms with Crippen LogP contribution in [0.25, 0.3) is 0 Å². The van der Waals surface area contributed by atoms with E-state index in [1.165, 1.54) is 12.2 Å². The zero-order valence-corrected chi connectivity index (χ0v) is 33.5. The summed E-state index contributed by atoms with van der Waals surface area (Å²) in [4.78, 5) is 26.7. The Morgan fingerprint density at radius 3 is 2.39 bits per heavy atom. The fourth-order valence-corrected chi connectivity index (χ4v) is 13.0. The van der Waals surface area contributed by atoms with Crippen LogP contribution in [0.3, 0.4) is 0 Å². The summed E-state index contributed by atoms with van der Waals surface area (Å²) in [6, 6.07) is 9.04. The Labute approximate surface area is 333 Å². The first-order valence-corrected chi connectivity index (χ1v) is 20.9. The zero-order chi connectivity index (χ0) is 40.7. The van der Waals surface area contributed by atoms with Gasteiger partial charge in [-0.2, -0.15) is 0 Å². The highest BCUT2D eigenvalue weighted by Crippen LogP contribution is 2.75. The van der Waals surface area contributed by atoms with Gasteiger partial charge in [-0.1, -0.05) is 77.1 Å². The second-order valence-electron chi connectivity index (χ2n) is 19.3. The Morgan fingerprint density at radius 1 is 0.965 bits per heavy atom.